The van der Waals surface area contributed by atoms with E-state index >= 15 is 0 Å². The molecular formula is C15H21NO2. The van der Waals surface area contributed by atoms with E-state index < -0.39 is 0 Å². The molecular weight excluding hydrogens is 226 g/mol. The van der Waals surface area contributed by atoms with Gasteiger partial charge in [0, 0.05) is 6.54 Å². The van der Waals surface area contributed by atoms with E-state index in [4.69, 9.17) is 4.74 Å². The second-order valence-electron chi connectivity index (χ2n) is 5.84. The van der Waals surface area contributed by atoms with Gasteiger partial charge in [-0.05, 0) is 29.0 Å². The van der Waals surface area contributed by atoms with Gasteiger partial charge in [0.2, 0.25) is 5.91 Å². The molecule has 1 saturated heterocycles. The Morgan fingerprint density at radius 3 is 2.56 bits per heavy atom. The standard InChI is InChI=1S/C15H21NO2/c1-15(2,3)12-9-10(5-6-13(12)18-4)11-7-8-16-14(11)17/h5-6,9,11H,7-8H2,1-4H3,(H,16,17). The molecule has 1 aliphatic heterocycles. The van der Waals surface area contributed by atoms with Crippen LogP contribution in [0.1, 0.15) is 44.2 Å². The molecule has 1 amide bonds. The maximum atomic E-state index is 11.7. The van der Waals surface area contributed by atoms with Crippen LogP contribution in [0.25, 0.3) is 0 Å². The van der Waals surface area contributed by atoms with E-state index in [2.05, 4.69) is 32.2 Å². The number of hydrogen-bond acceptors (Lipinski definition) is 2. The van der Waals surface area contributed by atoms with Crippen molar-refractivity contribution in [3.63, 3.8) is 0 Å². The van der Waals surface area contributed by atoms with E-state index in [0.29, 0.717) is 0 Å². The minimum absolute atomic E-state index is 0.00277. The van der Waals surface area contributed by atoms with E-state index in [1.807, 2.05) is 12.1 Å². The predicted octanol–water partition coefficient (Wildman–Crippen LogP) is 2.60. The molecule has 1 heterocycles. The van der Waals surface area contributed by atoms with Crippen LogP contribution in [0.5, 0.6) is 5.75 Å². The summed E-state index contributed by atoms with van der Waals surface area (Å²) in [5.41, 5.74) is 2.26. The van der Waals surface area contributed by atoms with Crippen LogP contribution in [0.15, 0.2) is 18.2 Å². The van der Waals surface area contributed by atoms with E-state index in [1.165, 1.54) is 0 Å². The van der Waals surface area contributed by atoms with E-state index in [0.717, 1.165) is 29.8 Å². The average molecular weight is 247 g/mol. The predicted molar refractivity (Wildman–Crippen MR) is 72.1 cm³/mol. The molecule has 18 heavy (non-hydrogen) atoms. The van der Waals surface area contributed by atoms with Crippen molar-refractivity contribution in [2.45, 2.75) is 38.5 Å². The highest BCUT2D eigenvalue weighted by Gasteiger charge is 2.28. The second-order valence-corrected chi connectivity index (χ2v) is 5.84. The Bertz CT molecular complexity index is 460. The van der Waals surface area contributed by atoms with Crippen molar-refractivity contribution in [2.24, 2.45) is 0 Å². The van der Waals surface area contributed by atoms with Crippen molar-refractivity contribution in [3.8, 4) is 5.75 Å². The summed E-state index contributed by atoms with van der Waals surface area (Å²) in [5.74, 6) is 1.03. The van der Waals surface area contributed by atoms with Gasteiger partial charge < -0.3 is 10.1 Å². The van der Waals surface area contributed by atoms with Crippen molar-refractivity contribution < 1.29 is 9.53 Å². The third-order valence-corrected chi connectivity index (χ3v) is 3.48. The minimum atomic E-state index is -0.00277. The monoisotopic (exact) mass is 247 g/mol. The van der Waals surface area contributed by atoms with Gasteiger partial charge in [-0.3, -0.25) is 4.79 Å². The van der Waals surface area contributed by atoms with Gasteiger partial charge in [0.25, 0.3) is 0 Å². The third-order valence-electron chi connectivity index (χ3n) is 3.48. The first-order valence-corrected chi connectivity index (χ1v) is 6.39. The Kier molecular flexibility index (Phi) is 3.33. The van der Waals surface area contributed by atoms with Crippen LogP contribution >= 0.6 is 0 Å². The van der Waals surface area contributed by atoms with Crippen molar-refractivity contribution >= 4 is 5.91 Å². The Hall–Kier alpha value is -1.51. The number of carbonyl (C=O) groups excluding carboxylic acids is 1. The highest BCUT2D eigenvalue weighted by atomic mass is 16.5. The van der Waals surface area contributed by atoms with E-state index in [9.17, 15) is 4.79 Å². The summed E-state index contributed by atoms with van der Waals surface area (Å²) in [6, 6.07) is 6.10. The van der Waals surface area contributed by atoms with Crippen LogP contribution in [0.4, 0.5) is 0 Å². The van der Waals surface area contributed by atoms with E-state index in [-0.39, 0.29) is 17.2 Å². The zero-order valence-electron chi connectivity index (χ0n) is 11.5. The maximum Gasteiger partial charge on any atom is 0.227 e. The van der Waals surface area contributed by atoms with Gasteiger partial charge in [-0.25, -0.2) is 0 Å². The topological polar surface area (TPSA) is 38.3 Å². The SMILES string of the molecule is COc1ccc(C2CCNC2=O)cc1C(C)(C)C. The molecule has 3 heteroatoms. The van der Waals surface area contributed by atoms with Crippen molar-refractivity contribution in [1.82, 2.24) is 5.32 Å². The zero-order valence-corrected chi connectivity index (χ0v) is 11.5. The number of benzene rings is 1. The van der Waals surface area contributed by atoms with Gasteiger partial charge >= 0.3 is 0 Å². The molecule has 3 nitrogen and oxygen atoms in total. The summed E-state index contributed by atoms with van der Waals surface area (Å²) in [6.45, 7) is 7.25. The molecule has 1 N–H and O–H groups in total. The first kappa shape index (κ1) is 12.9. The van der Waals surface area contributed by atoms with Crippen molar-refractivity contribution in [3.05, 3.63) is 29.3 Å². The zero-order chi connectivity index (χ0) is 13.3. The number of rotatable bonds is 2. The molecule has 1 aromatic rings. The van der Waals surface area contributed by atoms with Gasteiger partial charge in [0.05, 0.1) is 13.0 Å². The van der Waals surface area contributed by atoms with Crippen LogP contribution < -0.4 is 10.1 Å². The summed E-state index contributed by atoms with van der Waals surface area (Å²) in [5, 5.41) is 2.88. The normalized spacial score (nSPS) is 19.8. The molecule has 0 aliphatic carbocycles. The first-order valence-electron chi connectivity index (χ1n) is 6.39. The third kappa shape index (κ3) is 2.35. The van der Waals surface area contributed by atoms with Crippen LogP contribution in [-0.2, 0) is 10.2 Å². The summed E-state index contributed by atoms with van der Waals surface area (Å²) < 4.78 is 5.42. The minimum Gasteiger partial charge on any atom is -0.496 e. The van der Waals surface area contributed by atoms with Gasteiger partial charge in [-0.2, -0.15) is 0 Å². The van der Waals surface area contributed by atoms with Crippen LogP contribution in [0.3, 0.4) is 0 Å². The molecule has 0 radical (unpaired) electrons. The fraction of sp³-hybridized carbons (Fsp3) is 0.533. The van der Waals surface area contributed by atoms with Crippen LogP contribution in [-0.4, -0.2) is 19.6 Å². The highest BCUT2D eigenvalue weighted by molar-refractivity contribution is 5.85. The number of hydrogen-bond donors (Lipinski definition) is 1. The average Bonchev–Trinajstić information content (AvgIpc) is 2.73. The van der Waals surface area contributed by atoms with Gasteiger partial charge in [0.15, 0.2) is 0 Å². The Labute approximate surface area is 109 Å². The number of ether oxygens (including phenoxy) is 1. The quantitative estimate of drug-likeness (QED) is 0.872. The largest absolute Gasteiger partial charge is 0.496 e. The summed E-state index contributed by atoms with van der Waals surface area (Å²) >= 11 is 0. The smallest absolute Gasteiger partial charge is 0.227 e. The number of methoxy groups -OCH3 is 1. The first-order chi connectivity index (χ1) is 8.43. The lowest BCUT2D eigenvalue weighted by Crippen LogP contribution is -2.19. The molecule has 1 atom stereocenters. The number of amides is 1. The molecule has 1 unspecified atom stereocenters. The van der Waals surface area contributed by atoms with Gasteiger partial charge in [0.1, 0.15) is 5.75 Å². The van der Waals surface area contributed by atoms with Crippen molar-refractivity contribution in [2.75, 3.05) is 13.7 Å². The molecule has 1 aliphatic rings. The molecule has 1 fully saturated rings. The molecule has 1 aromatic carbocycles. The summed E-state index contributed by atoms with van der Waals surface area (Å²) in [6.07, 6.45) is 0.884. The van der Waals surface area contributed by atoms with Crippen LogP contribution in [0.2, 0.25) is 0 Å². The maximum absolute atomic E-state index is 11.7. The van der Waals surface area contributed by atoms with E-state index in [1.54, 1.807) is 7.11 Å². The summed E-state index contributed by atoms with van der Waals surface area (Å²) in [7, 11) is 1.69. The lowest BCUT2D eigenvalue weighted by molar-refractivity contribution is -0.120. The Balaban J connectivity index is 2.43. The fourth-order valence-electron chi connectivity index (χ4n) is 2.44. The number of carbonyl (C=O) groups is 1. The lowest BCUT2D eigenvalue weighted by atomic mass is 9.83. The molecule has 0 spiro atoms. The molecule has 98 valence electrons. The fourth-order valence-corrected chi connectivity index (χ4v) is 2.44. The van der Waals surface area contributed by atoms with Gasteiger partial charge in [-0.1, -0.05) is 32.9 Å². The number of nitrogens with one attached hydrogen (secondary N) is 1. The molecule has 0 saturated carbocycles. The Morgan fingerprint density at radius 2 is 2.06 bits per heavy atom. The van der Waals surface area contributed by atoms with Crippen LogP contribution in [0, 0.1) is 0 Å². The Morgan fingerprint density at radius 1 is 1.33 bits per heavy atom. The molecule has 2 rings (SSSR count). The highest BCUT2D eigenvalue weighted by Crippen LogP contribution is 2.35. The van der Waals surface area contributed by atoms with Crippen molar-refractivity contribution in [1.29, 1.82) is 0 Å². The van der Waals surface area contributed by atoms with Gasteiger partial charge in [-0.15, -0.1) is 0 Å². The molecule has 0 aromatic heterocycles. The second kappa shape index (κ2) is 4.63. The summed E-state index contributed by atoms with van der Waals surface area (Å²) in [4.78, 5) is 11.7. The lowest BCUT2D eigenvalue weighted by Gasteiger charge is -2.23. The molecule has 0 bridgehead atoms.